The standard InChI is InChI=1S/C22H17ClF9N3O/c1-2-17(36)35-18(23)12-5-3-11(4-6-12)14-9-19(10-33-14,22(30,31)32)13-7-15(20(24,25)26)34-16(8-13)21(27,28)29/h3-8,10,14,18H,2,9H2,1H3,(H,35,36). The van der Waals surface area contributed by atoms with Crippen molar-refractivity contribution in [2.75, 3.05) is 0 Å². The van der Waals surface area contributed by atoms with Gasteiger partial charge in [0.05, 0.1) is 6.04 Å². The molecule has 196 valence electrons. The Kier molecular flexibility index (Phi) is 7.37. The molecule has 3 rings (SSSR count). The summed E-state index contributed by atoms with van der Waals surface area (Å²) in [5, 5.41) is 2.48. The van der Waals surface area contributed by atoms with Crippen LogP contribution in [0.5, 0.6) is 0 Å². The maximum Gasteiger partial charge on any atom is 0.433 e. The molecule has 0 bridgehead atoms. The highest BCUT2D eigenvalue weighted by molar-refractivity contribution is 6.21. The fraction of sp³-hybridized carbons (Fsp3) is 0.409. The summed E-state index contributed by atoms with van der Waals surface area (Å²) < 4.78 is 122. The number of pyridine rings is 1. The minimum Gasteiger partial charge on any atom is -0.336 e. The summed E-state index contributed by atoms with van der Waals surface area (Å²) in [6.45, 7) is 1.60. The lowest BCUT2D eigenvalue weighted by Gasteiger charge is -2.31. The molecule has 1 aromatic carbocycles. The van der Waals surface area contributed by atoms with E-state index < -0.39 is 58.9 Å². The molecule has 0 aliphatic carbocycles. The number of amides is 1. The van der Waals surface area contributed by atoms with Crippen LogP contribution in [-0.2, 0) is 22.6 Å². The average molecular weight is 546 g/mol. The van der Waals surface area contributed by atoms with Gasteiger partial charge in [-0.25, -0.2) is 4.98 Å². The van der Waals surface area contributed by atoms with Gasteiger partial charge in [-0.1, -0.05) is 42.8 Å². The molecule has 0 radical (unpaired) electrons. The first kappa shape index (κ1) is 27.8. The number of hydrogen-bond donors (Lipinski definition) is 1. The number of aliphatic imine (C=N–C) groups is 1. The first-order valence-corrected chi connectivity index (χ1v) is 10.7. The third-order valence-electron chi connectivity index (χ3n) is 5.64. The summed E-state index contributed by atoms with van der Waals surface area (Å²) in [5.41, 5.74) is -8.98. The van der Waals surface area contributed by atoms with Crippen molar-refractivity contribution < 1.29 is 44.3 Å². The predicted octanol–water partition coefficient (Wildman–Crippen LogP) is 6.90. The molecule has 1 aliphatic rings. The quantitative estimate of drug-likeness (QED) is 0.252. The van der Waals surface area contributed by atoms with Crippen molar-refractivity contribution in [1.82, 2.24) is 10.3 Å². The van der Waals surface area contributed by atoms with Crippen molar-refractivity contribution in [2.45, 2.75) is 55.3 Å². The molecule has 0 fully saturated rings. The molecule has 4 nitrogen and oxygen atoms in total. The first-order chi connectivity index (χ1) is 16.5. The number of carbonyl (C=O) groups is 1. The maximum atomic E-state index is 14.2. The van der Waals surface area contributed by atoms with Crippen LogP contribution in [-0.4, -0.2) is 23.3 Å². The van der Waals surface area contributed by atoms with Crippen LogP contribution in [0.25, 0.3) is 0 Å². The zero-order chi connectivity index (χ0) is 27.1. The lowest BCUT2D eigenvalue weighted by atomic mass is 9.76. The van der Waals surface area contributed by atoms with Crippen LogP contribution in [0.15, 0.2) is 41.4 Å². The molecule has 0 spiro atoms. The van der Waals surface area contributed by atoms with Crippen LogP contribution in [0.3, 0.4) is 0 Å². The summed E-state index contributed by atoms with van der Waals surface area (Å²) in [6, 6.07) is 4.28. The Morgan fingerprint density at radius 2 is 1.56 bits per heavy atom. The van der Waals surface area contributed by atoms with Crippen molar-refractivity contribution >= 4 is 23.7 Å². The fourth-order valence-corrected chi connectivity index (χ4v) is 3.94. The van der Waals surface area contributed by atoms with E-state index in [2.05, 4.69) is 15.3 Å². The number of halogens is 10. The molecule has 36 heavy (non-hydrogen) atoms. The normalized spacial score (nSPS) is 21.5. The van der Waals surface area contributed by atoms with E-state index in [1.165, 1.54) is 24.3 Å². The number of nitrogens with one attached hydrogen (secondary N) is 1. The van der Waals surface area contributed by atoms with Crippen LogP contribution >= 0.6 is 11.6 Å². The van der Waals surface area contributed by atoms with Crippen molar-refractivity contribution in [3.63, 3.8) is 0 Å². The van der Waals surface area contributed by atoms with E-state index in [1.807, 2.05) is 0 Å². The number of benzene rings is 1. The van der Waals surface area contributed by atoms with E-state index in [0.717, 1.165) is 0 Å². The highest BCUT2D eigenvalue weighted by atomic mass is 35.5. The van der Waals surface area contributed by atoms with Crippen LogP contribution in [0, 0.1) is 0 Å². The lowest BCUT2D eigenvalue weighted by Crippen LogP contribution is -2.43. The van der Waals surface area contributed by atoms with Crippen molar-refractivity contribution in [3.8, 4) is 0 Å². The fourth-order valence-electron chi connectivity index (χ4n) is 3.67. The summed E-state index contributed by atoms with van der Waals surface area (Å²) >= 11 is 6.08. The zero-order valence-corrected chi connectivity index (χ0v) is 18.9. The van der Waals surface area contributed by atoms with Crippen LogP contribution < -0.4 is 5.32 Å². The Hall–Kier alpha value is -2.83. The third kappa shape index (κ3) is 5.60. The second kappa shape index (κ2) is 9.56. The third-order valence-corrected chi connectivity index (χ3v) is 6.00. The summed E-state index contributed by atoms with van der Waals surface area (Å²) in [4.78, 5) is 17.8. The number of rotatable bonds is 5. The van der Waals surface area contributed by atoms with Crippen LogP contribution in [0.1, 0.15) is 59.4 Å². The van der Waals surface area contributed by atoms with E-state index in [1.54, 1.807) is 6.92 Å². The predicted molar refractivity (Wildman–Crippen MR) is 111 cm³/mol. The van der Waals surface area contributed by atoms with E-state index in [4.69, 9.17) is 11.6 Å². The molecule has 1 N–H and O–H groups in total. The molecule has 14 heteroatoms. The Labute approximate surface area is 203 Å². The molecule has 2 aromatic rings. The van der Waals surface area contributed by atoms with Gasteiger partial charge in [0.15, 0.2) is 0 Å². The second-order valence-corrected chi connectivity index (χ2v) is 8.48. The van der Waals surface area contributed by atoms with Gasteiger partial charge in [-0.05, 0) is 35.2 Å². The Morgan fingerprint density at radius 3 is 2.00 bits per heavy atom. The van der Waals surface area contributed by atoms with Gasteiger partial charge in [-0.15, -0.1) is 0 Å². The van der Waals surface area contributed by atoms with Crippen molar-refractivity contribution in [3.05, 3.63) is 64.5 Å². The molecule has 0 saturated heterocycles. The molecule has 1 aromatic heterocycles. The van der Waals surface area contributed by atoms with E-state index in [9.17, 15) is 44.3 Å². The molecule has 3 atom stereocenters. The topological polar surface area (TPSA) is 54.4 Å². The van der Waals surface area contributed by atoms with Gasteiger partial charge < -0.3 is 5.32 Å². The van der Waals surface area contributed by atoms with Gasteiger partial charge in [-0.2, -0.15) is 39.5 Å². The van der Waals surface area contributed by atoms with Gasteiger partial charge in [0.2, 0.25) is 5.91 Å². The monoisotopic (exact) mass is 545 g/mol. The Balaban J connectivity index is 2.00. The lowest BCUT2D eigenvalue weighted by molar-refractivity contribution is -0.170. The highest BCUT2D eigenvalue weighted by Crippen LogP contribution is 2.51. The minimum absolute atomic E-state index is 0.0330. The van der Waals surface area contributed by atoms with Crippen molar-refractivity contribution in [2.24, 2.45) is 4.99 Å². The Morgan fingerprint density at radius 1 is 1.03 bits per heavy atom. The number of hydrogen-bond acceptors (Lipinski definition) is 3. The van der Waals surface area contributed by atoms with E-state index in [0.29, 0.717) is 11.8 Å². The number of aromatic nitrogens is 1. The first-order valence-electron chi connectivity index (χ1n) is 10.3. The smallest absolute Gasteiger partial charge is 0.336 e. The SMILES string of the molecule is CCC(=O)NC(Cl)c1ccc(C2CC(c3cc(C(F)(F)F)nc(C(F)(F)F)c3)(C(F)(F)F)C=N2)cc1. The highest BCUT2D eigenvalue weighted by Gasteiger charge is 2.59. The largest absolute Gasteiger partial charge is 0.433 e. The molecular weight excluding hydrogens is 529 g/mol. The second-order valence-electron chi connectivity index (χ2n) is 8.04. The molecule has 2 heterocycles. The maximum absolute atomic E-state index is 14.2. The molecule has 1 amide bonds. The minimum atomic E-state index is -5.42. The molecule has 1 aliphatic heterocycles. The van der Waals surface area contributed by atoms with Gasteiger partial charge in [0, 0.05) is 12.6 Å². The number of carbonyl (C=O) groups excluding carboxylic acids is 1. The number of nitrogens with zero attached hydrogens (tertiary/aromatic N) is 2. The average Bonchev–Trinajstić information content (AvgIpc) is 3.24. The molecule has 3 unspecified atom stereocenters. The number of alkyl halides is 10. The van der Waals surface area contributed by atoms with Gasteiger partial charge in [0.1, 0.15) is 22.3 Å². The van der Waals surface area contributed by atoms with Gasteiger partial charge >= 0.3 is 18.5 Å². The molecule has 0 saturated carbocycles. The van der Waals surface area contributed by atoms with Gasteiger partial charge in [0.25, 0.3) is 0 Å². The van der Waals surface area contributed by atoms with Gasteiger partial charge in [-0.3, -0.25) is 9.79 Å². The van der Waals surface area contributed by atoms with Crippen LogP contribution in [0.4, 0.5) is 39.5 Å². The summed E-state index contributed by atoms with van der Waals surface area (Å²) in [5.74, 6) is -0.344. The molecular formula is C22H17ClF9N3O. The summed E-state index contributed by atoms with van der Waals surface area (Å²) in [7, 11) is 0. The van der Waals surface area contributed by atoms with Crippen molar-refractivity contribution in [1.29, 1.82) is 0 Å². The summed E-state index contributed by atoms with van der Waals surface area (Å²) in [6.07, 6.45) is -16.6. The van der Waals surface area contributed by atoms with E-state index in [-0.39, 0.29) is 30.0 Å². The zero-order valence-electron chi connectivity index (χ0n) is 18.2. The Bertz CT molecular complexity index is 1110. The van der Waals surface area contributed by atoms with E-state index >= 15 is 0 Å². The van der Waals surface area contributed by atoms with Crippen LogP contribution in [0.2, 0.25) is 0 Å².